The van der Waals surface area contributed by atoms with Crippen molar-refractivity contribution in [3.63, 3.8) is 0 Å². The van der Waals surface area contributed by atoms with E-state index in [1.165, 1.54) is 0 Å². The number of unbranched alkanes of at least 4 members (excludes halogenated alkanes) is 1. The van der Waals surface area contributed by atoms with Gasteiger partial charge in [-0.25, -0.2) is 14.4 Å². The molecule has 0 bridgehead atoms. The highest BCUT2D eigenvalue weighted by atomic mass is 16.6. The van der Waals surface area contributed by atoms with Gasteiger partial charge in [0.1, 0.15) is 13.2 Å². The number of amides is 2. The van der Waals surface area contributed by atoms with Crippen molar-refractivity contribution in [1.82, 2.24) is 10.6 Å². The van der Waals surface area contributed by atoms with Gasteiger partial charge in [0.05, 0.1) is 0 Å². The number of carbonyl (C=O) groups excluding carboxylic acids is 2. The Hall–Kier alpha value is -3.55. The maximum atomic E-state index is 12.3. The zero-order valence-corrected chi connectivity index (χ0v) is 16.8. The predicted molar refractivity (Wildman–Crippen MR) is 109 cm³/mol. The predicted octanol–water partition coefficient (Wildman–Crippen LogP) is 3.81. The minimum Gasteiger partial charge on any atom is -0.478 e. The van der Waals surface area contributed by atoms with Gasteiger partial charge in [-0.15, -0.1) is 0 Å². The van der Waals surface area contributed by atoms with Gasteiger partial charge in [-0.2, -0.15) is 0 Å². The number of aliphatic carboxylic acids is 1. The summed E-state index contributed by atoms with van der Waals surface area (Å²) in [5.74, 6) is -1.41. The first-order chi connectivity index (χ1) is 14.4. The van der Waals surface area contributed by atoms with Crippen molar-refractivity contribution in [3.05, 3.63) is 71.8 Å². The standard InChI is InChI=1S/C22H26N2O6/c1-2-3-14-22(19(25)26,23-20(27)29-15-17-10-6-4-7-11-17)24-21(28)30-16-18-12-8-5-9-13-18/h4-13H,2-3,14-16H2,1H3,(H,23,27)(H,24,28)(H,25,26). The fraction of sp³-hybridized carbons (Fsp3) is 0.318. The highest BCUT2D eigenvalue weighted by Gasteiger charge is 2.42. The lowest BCUT2D eigenvalue weighted by Crippen LogP contribution is -2.65. The zero-order chi connectivity index (χ0) is 21.8. The topological polar surface area (TPSA) is 114 Å². The smallest absolute Gasteiger partial charge is 0.409 e. The summed E-state index contributed by atoms with van der Waals surface area (Å²) in [5.41, 5.74) is -0.549. The van der Waals surface area contributed by atoms with E-state index in [1.807, 2.05) is 19.1 Å². The molecule has 0 aliphatic carbocycles. The molecule has 0 aliphatic heterocycles. The van der Waals surface area contributed by atoms with Gasteiger partial charge in [0.25, 0.3) is 0 Å². The van der Waals surface area contributed by atoms with E-state index in [4.69, 9.17) is 9.47 Å². The van der Waals surface area contributed by atoms with Gasteiger partial charge in [-0.05, 0) is 17.5 Å². The first-order valence-electron chi connectivity index (χ1n) is 9.66. The second-order valence-corrected chi connectivity index (χ2v) is 6.69. The number of ether oxygens (including phenoxy) is 2. The molecule has 0 heterocycles. The van der Waals surface area contributed by atoms with Crippen LogP contribution < -0.4 is 10.6 Å². The van der Waals surface area contributed by atoms with Crippen LogP contribution in [0.5, 0.6) is 0 Å². The van der Waals surface area contributed by atoms with Crippen LogP contribution in [0.25, 0.3) is 0 Å². The van der Waals surface area contributed by atoms with Gasteiger partial charge in [-0.3, -0.25) is 10.6 Å². The van der Waals surface area contributed by atoms with Gasteiger partial charge in [0, 0.05) is 6.42 Å². The van der Waals surface area contributed by atoms with E-state index in [1.54, 1.807) is 48.5 Å². The number of carboxylic acid groups (broad SMARTS) is 1. The number of nitrogens with one attached hydrogen (secondary N) is 2. The number of alkyl carbamates (subject to hydrolysis) is 2. The first-order valence-corrected chi connectivity index (χ1v) is 9.66. The average molecular weight is 414 g/mol. The fourth-order valence-electron chi connectivity index (χ4n) is 2.68. The van der Waals surface area contributed by atoms with Crippen molar-refractivity contribution in [1.29, 1.82) is 0 Å². The minimum atomic E-state index is -2.04. The monoisotopic (exact) mass is 414 g/mol. The maximum absolute atomic E-state index is 12.3. The summed E-state index contributed by atoms with van der Waals surface area (Å²) >= 11 is 0. The van der Waals surface area contributed by atoms with E-state index < -0.39 is 23.8 Å². The van der Waals surface area contributed by atoms with Crippen molar-refractivity contribution in [2.24, 2.45) is 0 Å². The number of carbonyl (C=O) groups is 3. The van der Waals surface area contributed by atoms with Crippen LogP contribution in [0.3, 0.4) is 0 Å². The number of benzene rings is 2. The summed E-state index contributed by atoms with van der Waals surface area (Å²) in [7, 11) is 0. The largest absolute Gasteiger partial charge is 0.478 e. The third kappa shape index (κ3) is 7.12. The quantitative estimate of drug-likeness (QED) is 0.510. The fourth-order valence-corrected chi connectivity index (χ4v) is 2.68. The van der Waals surface area contributed by atoms with Crippen LogP contribution in [0.1, 0.15) is 37.3 Å². The Morgan fingerprint density at radius 2 is 1.27 bits per heavy atom. The molecule has 30 heavy (non-hydrogen) atoms. The molecule has 0 aromatic heterocycles. The summed E-state index contributed by atoms with van der Waals surface area (Å²) < 4.78 is 10.2. The molecule has 2 aromatic rings. The van der Waals surface area contributed by atoms with Crippen LogP contribution in [-0.4, -0.2) is 28.9 Å². The third-order valence-corrected chi connectivity index (χ3v) is 4.33. The van der Waals surface area contributed by atoms with E-state index in [9.17, 15) is 19.5 Å². The Morgan fingerprint density at radius 1 is 0.833 bits per heavy atom. The Labute approximate surface area is 175 Å². The maximum Gasteiger partial charge on any atom is 0.409 e. The van der Waals surface area contributed by atoms with Crippen LogP contribution in [0.4, 0.5) is 9.59 Å². The number of carboxylic acids is 1. The molecule has 2 amide bonds. The van der Waals surface area contributed by atoms with E-state index in [0.717, 1.165) is 11.1 Å². The summed E-state index contributed by atoms with van der Waals surface area (Å²) in [4.78, 5) is 36.5. The molecule has 0 unspecified atom stereocenters. The van der Waals surface area contributed by atoms with Crippen molar-refractivity contribution in [2.45, 2.75) is 45.1 Å². The molecular weight excluding hydrogens is 388 g/mol. The zero-order valence-electron chi connectivity index (χ0n) is 16.8. The van der Waals surface area contributed by atoms with Crippen LogP contribution in [-0.2, 0) is 27.5 Å². The second-order valence-electron chi connectivity index (χ2n) is 6.69. The third-order valence-electron chi connectivity index (χ3n) is 4.33. The molecule has 0 fully saturated rings. The summed E-state index contributed by atoms with van der Waals surface area (Å²) in [6.45, 7) is 1.80. The highest BCUT2D eigenvalue weighted by molar-refractivity contribution is 5.87. The minimum absolute atomic E-state index is 0.0281. The lowest BCUT2D eigenvalue weighted by molar-refractivity contribution is -0.146. The summed E-state index contributed by atoms with van der Waals surface area (Å²) in [6, 6.07) is 17.9. The van der Waals surface area contributed by atoms with E-state index in [-0.39, 0.29) is 19.6 Å². The molecule has 2 rings (SSSR count). The van der Waals surface area contributed by atoms with E-state index >= 15 is 0 Å². The molecule has 0 saturated carbocycles. The highest BCUT2D eigenvalue weighted by Crippen LogP contribution is 2.14. The number of hydrogen-bond donors (Lipinski definition) is 3. The Bertz CT molecular complexity index is 769. The van der Waals surface area contributed by atoms with Crippen molar-refractivity contribution < 1.29 is 29.0 Å². The average Bonchev–Trinajstić information content (AvgIpc) is 2.76. The lowest BCUT2D eigenvalue weighted by Gasteiger charge is -2.30. The first kappa shape index (κ1) is 22.7. The van der Waals surface area contributed by atoms with Crippen molar-refractivity contribution in [2.75, 3.05) is 0 Å². The Kier molecular flexibility index (Phi) is 8.68. The van der Waals surface area contributed by atoms with Crippen molar-refractivity contribution >= 4 is 18.2 Å². The van der Waals surface area contributed by atoms with E-state index in [0.29, 0.717) is 12.8 Å². The van der Waals surface area contributed by atoms with Gasteiger partial charge in [0.2, 0.25) is 5.66 Å². The SMILES string of the molecule is CCCCC(NC(=O)OCc1ccccc1)(NC(=O)OCc1ccccc1)C(=O)O. The molecule has 0 aliphatic rings. The molecule has 160 valence electrons. The van der Waals surface area contributed by atoms with Crippen LogP contribution in [0.2, 0.25) is 0 Å². The number of rotatable bonds is 10. The second kappa shape index (κ2) is 11.5. The molecule has 3 N–H and O–H groups in total. The molecule has 0 atom stereocenters. The molecule has 0 spiro atoms. The number of hydrogen-bond acceptors (Lipinski definition) is 5. The van der Waals surface area contributed by atoms with Gasteiger partial charge < -0.3 is 14.6 Å². The normalized spacial score (nSPS) is 10.7. The van der Waals surface area contributed by atoms with Gasteiger partial charge in [-0.1, -0.05) is 74.0 Å². The molecule has 0 saturated heterocycles. The van der Waals surface area contributed by atoms with Crippen LogP contribution in [0.15, 0.2) is 60.7 Å². The summed E-state index contributed by atoms with van der Waals surface area (Å²) in [5, 5.41) is 14.4. The molecular formula is C22H26N2O6. The Morgan fingerprint density at radius 3 is 1.63 bits per heavy atom. The van der Waals surface area contributed by atoms with Gasteiger partial charge in [0.15, 0.2) is 0 Å². The lowest BCUT2D eigenvalue weighted by atomic mass is 10.0. The van der Waals surface area contributed by atoms with Gasteiger partial charge >= 0.3 is 18.2 Å². The molecule has 0 radical (unpaired) electrons. The molecule has 2 aromatic carbocycles. The summed E-state index contributed by atoms with van der Waals surface area (Å²) in [6.07, 6.45) is -0.832. The van der Waals surface area contributed by atoms with Crippen LogP contribution >= 0.6 is 0 Å². The van der Waals surface area contributed by atoms with Crippen molar-refractivity contribution in [3.8, 4) is 0 Å². The van der Waals surface area contributed by atoms with E-state index in [2.05, 4.69) is 10.6 Å². The molecule has 8 nitrogen and oxygen atoms in total. The van der Waals surface area contributed by atoms with Crippen LogP contribution in [0, 0.1) is 0 Å². The molecule has 8 heteroatoms. The Balaban J connectivity index is 2.02.